The molecule has 26 heavy (non-hydrogen) atoms. The first-order chi connectivity index (χ1) is 12.5. The topological polar surface area (TPSA) is 68.0 Å². The van der Waals surface area contributed by atoms with Gasteiger partial charge in [0.2, 0.25) is 0 Å². The number of rotatable bonds is 3. The van der Waals surface area contributed by atoms with Gasteiger partial charge in [-0.05, 0) is 44.2 Å². The number of hydrogen-bond acceptors (Lipinski definition) is 3. The van der Waals surface area contributed by atoms with Crippen LogP contribution >= 0.6 is 0 Å². The van der Waals surface area contributed by atoms with Crippen molar-refractivity contribution in [2.24, 2.45) is 0 Å². The summed E-state index contributed by atoms with van der Waals surface area (Å²) in [6, 6.07) is 18.7. The van der Waals surface area contributed by atoms with Gasteiger partial charge in [0.15, 0.2) is 5.82 Å². The van der Waals surface area contributed by atoms with Crippen molar-refractivity contribution in [2.45, 2.75) is 13.8 Å². The standard InChI is InChI=1S/C21H17N3O2/c1-13-12-18-14(2)22-19(15-6-4-3-5-7-15)23-20(18)24(13)17-10-8-16(9-11-17)21(25)26/h3-12H,1-2H3,(H,25,26). The summed E-state index contributed by atoms with van der Waals surface area (Å²) in [6.07, 6.45) is 0. The van der Waals surface area contributed by atoms with Crippen molar-refractivity contribution < 1.29 is 9.90 Å². The van der Waals surface area contributed by atoms with Crippen LogP contribution < -0.4 is 0 Å². The van der Waals surface area contributed by atoms with Gasteiger partial charge >= 0.3 is 5.97 Å². The van der Waals surface area contributed by atoms with Crippen molar-refractivity contribution in [1.82, 2.24) is 14.5 Å². The Balaban J connectivity index is 1.93. The van der Waals surface area contributed by atoms with E-state index in [9.17, 15) is 4.79 Å². The summed E-state index contributed by atoms with van der Waals surface area (Å²) in [6.45, 7) is 3.99. The number of carboxylic acid groups (broad SMARTS) is 1. The molecule has 0 saturated heterocycles. The smallest absolute Gasteiger partial charge is 0.335 e. The minimum atomic E-state index is -0.935. The van der Waals surface area contributed by atoms with Crippen molar-refractivity contribution in [2.75, 3.05) is 0 Å². The minimum Gasteiger partial charge on any atom is -0.478 e. The van der Waals surface area contributed by atoms with Crippen LogP contribution in [0.25, 0.3) is 28.1 Å². The maximum atomic E-state index is 11.1. The van der Waals surface area contributed by atoms with Crippen LogP contribution in [0.3, 0.4) is 0 Å². The van der Waals surface area contributed by atoms with Crippen LogP contribution in [0.4, 0.5) is 0 Å². The van der Waals surface area contributed by atoms with E-state index < -0.39 is 5.97 Å². The molecule has 4 rings (SSSR count). The largest absolute Gasteiger partial charge is 0.478 e. The highest BCUT2D eigenvalue weighted by Gasteiger charge is 2.14. The van der Waals surface area contributed by atoms with Crippen LogP contribution in [-0.4, -0.2) is 25.6 Å². The number of carbonyl (C=O) groups is 1. The van der Waals surface area contributed by atoms with Gasteiger partial charge < -0.3 is 5.11 Å². The SMILES string of the molecule is Cc1nc(-c2ccccc2)nc2c1cc(C)n2-c1ccc(C(=O)O)cc1. The third kappa shape index (κ3) is 2.63. The van der Waals surface area contributed by atoms with Gasteiger partial charge in [0.05, 0.1) is 11.3 Å². The lowest BCUT2D eigenvalue weighted by atomic mass is 10.2. The molecule has 5 heteroatoms. The molecule has 2 aromatic carbocycles. The lowest BCUT2D eigenvalue weighted by molar-refractivity contribution is 0.0697. The predicted molar refractivity (Wildman–Crippen MR) is 101 cm³/mol. The summed E-state index contributed by atoms with van der Waals surface area (Å²) in [4.78, 5) is 20.5. The Hall–Kier alpha value is -3.47. The summed E-state index contributed by atoms with van der Waals surface area (Å²) in [5, 5.41) is 10.1. The monoisotopic (exact) mass is 343 g/mol. The Kier molecular flexibility index (Phi) is 3.77. The highest BCUT2D eigenvalue weighted by molar-refractivity contribution is 5.88. The van der Waals surface area contributed by atoms with E-state index in [1.165, 1.54) is 0 Å². The Bertz CT molecular complexity index is 1110. The van der Waals surface area contributed by atoms with Crippen molar-refractivity contribution in [3.63, 3.8) is 0 Å². The van der Waals surface area contributed by atoms with Crippen LogP contribution in [0.1, 0.15) is 21.7 Å². The zero-order chi connectivity index (χ0) is 18.3. The van der Waals surface area contributed by atoms with Crippen molar-refractivity contribution in [3.8, 4) is 17.1 Å². The van der Waals surface area contributed by atoms with Crippen LogP contribution in [0.15, 0.2) is 60.7 Å². The van der Waals surface area contributed by atoms with E-state index in [1.807, 2.05) is 48.7 Å². The van der Waals surface area contributed by atoms with Gasteiger partial charge in [-0.3, -0.25) is 4.57 Å². The lowest BCUT2D eigenvalue weighted by Gasteiger charge is -2.10. The molecule has 2 aromatic heterocycles. The van der Waals surface area contributed by atoms with E-state index in [-0.39, 0.29) is 5.56 Å². The molecule has 0 amide bonds. The second-order valence-electron chi connectivity index (χ2n) is 6.21. The molecule has 0 unspecified atom stereocenters. The van der Waals surface area contributed by atoms with Gasteiger partial charge in [-0.1, -0.05) is 30.3 Å². The normalized spacial score (nSPS) is 11.0. The van der Waals surface area contributed by atoms with Gasteiger partial charge in [0, 0.05) is 22.3 Å². The van der Waals surface area contributed by atoms with E-state index in [4.69, 9.17) is 10.1 Å². The van der Waals surface area contributed by atoms with Crippen LogP contribution in [0, 0.1) is 13.8 Å². The Morgan fingerprint density at radius 3 is 2.31 bits per heavy atom. The molecule has 1 N–H and O–H groups in total. The van der Waals surface area contributed by atoms with Gasteiger partial charge in [-0.2, -0.15) is 0 Å². The van der Waals surface area contributed by atoms with Crippen molar-refractivity contribution >= 4 is 17.0 Å². The molecule has 4 aromatic rings. The molecular formula is C21H17N3O2. The molecule has 2 heterocycles. The van der Waals surface area contributed by atoms with E-state index >= 15 is 0 Å². The molecule has 0 bridgehead atoms. The number of nitrogens with zero attached hydrogens (tertiary/aromatic N) is 3. The Morgan fingerprint density at radius 2 is 1.65 bits per heavy atom. The average molecular weight is 343 g/mol. The summed E-state index contributed by atoms with van der Waals surface area (Å²) in [5.74, 6) is -0.257. The summed E-state index contributed by atoms with van der Waals surface area (Å²) < 4.78 is 2.03. The molecular weight excluding hydrogens is 326 g/mol. The molecule has 0 fully saturated rings. The van der Waals surface area contributed by atoms with E-state index in [2.05, 4.69) is 11.1 Å². The first-order valence-corrected chi connectivity index (χ1v) is 8.30. The quantitative estimate of drug-likeness (QED) is 0.598. The fourth-order valence-corrected chi connectivity index (χ4v) is 3.14. The van der Waals surface area contributed by atoms with Crippen molar-refractivity contribution in [1.29, 1.82) is 0 Å². The van der Waals surface area contributed by atoms with Gasteiger partial charge in [0.1, 0.15) is 5.65 Å². The molecule has 0 aliphatic rings. The fraction of sp³-hybridized carbons (Fsp3) is 0.0952. The van der Waals surface area contributed by atoms with Gasteiger partial charge in [-0.25, -0.2) is 14.8 Å². The number of aromatic carboxylic acids is 1. The number of aryl methyl sites for hydroxylation is 2. The highest BCUT2D eigenvalue weighted by atomic mass is 16.4. The Labute approximate surface area is 150 Å². The fourth-order valence-electron chi connectivity index (χ4n) is 3.14. The summed E-state index contributed by atoms with van der Waals surface area (Å²) in [7, 11) is 0. The van der Waals surface area contributed by atoms with Gasteiger partial charge in [-0.15, -0.1) is 0 Å². The molecule has 0 atom stereocenters. The van der Waals surface area contributed by atoms with E-state index in [0.29, 0.717) is 5.82 Å². The first kappa shape index (κ1) is 16.0. The van der Waals surface area contributed by atoms with E-state index in [0.717, 1.165) is 33.7 Å². The molecule has 0 aliphatic carbocycles. The highest BCUT2D eigenvalue weighted by Crippen LogP contribution is 2.27. The lowest BCUT2D eigenvalue weighted by Crippen LogP contribution is -2.02. The zero-order valence-electron chi connectivity index (χ0n) is 14.5. The third-order valence-electron chi connectivity index (χ3n) is 4.44. The third-order valence-corrected chi connectivity index (χ3v) is 4.44. The number of carboxylic acids is 1. The molecule has 0 saturated carbocycles. The first-order valence-electron chi connectivity index (χ1n) is 8.30. The summed E-state index contributed by atoms with van der Waals surface area (Å²) >= 11 is 0. The van der Waals surface area contributed by atoms with Crippen molar-refractivity contribution in [3.05, 3.63) is 77.6 Å². The minimum absolute atomic E-state index is 0.263. The predicted octanol–water partition coefficient (Wildman–Crippen LogP) is 4.40. The van der Waals surface area contributed by atoms with Gasteiger partial charge in [0.25, 0.3) is 0 Å². The molecule has 0 spiro atoms. The van der Waals surface area contributed by atoms with Crippen LogP contribution in [0.5, 0.6) is 0 Å². The summed E-state index contributed by atoms with van der Waals surface area (Å²) in [5.41, 5.74) is 4.85. The molecule has 5 nitrogen and oxygen atoms in total. The van der Waals surface area contributed by atoms with Crippen LogP contribution in [-0.2, 0) is 0 Å². The molecule has 0 radical (unpaired) electrons. The van der Waals surface area contributed by atoms with E-state index in [1.54, 1.807) is 24.3 Å². The second-order valence-corrected chi connectivity index (χ2v) is 6.21. The maximum absolute atomic E-state index is 11.1. The number of hydrogen-bond donors (Lipinski definition) is 1. The molecule has 0 aliphatic heterocycles. The van der Waals surface area contributed by atoms with Crippen LogP contribution in [0.2, 0.25) is 0 Å². The zero-order valence-corrected chi connectivity index (χ0v) is 14.5. The second kappa shape index (κ2) is 6.11. The average Bonchev–Trinajstić information content (AvgIpc) is 2.99. The number of aromatic nitrogens is 3. The molecule has 128 valence electrons. The Morgan fingerprint density at radius 1 is 0.962 bits per heavy atom. The number of fused-ring (bicyclic) bond motifs is 1. The number of benzene rings is 2. The maximum Gasteiger partial charge on any atom is 0.335 e.